The van der Waals surface area contributed by atoms with Gasteiger partial charge in [0, 0.05) is 13.1 Å². The number of hydrogen-bond acceptors (Lipinski definition) is 2. The van der Waals surface area contributed by atoms with Crippen molar-refractivity contribution in [2.24, 2.45) is 0 Å². The van der Waals surface area contributed by atoms with E-state index in [2.05, 4.69) is 11.9 Å². The van der Waals surface area contributed by atoms with Crippen molar-refractivity contribution < 1.29 is 4.74 Å². The molecular formula is C7H13NO. The van der Waals surface area contributed by atoms with Crippen molar-refractivity contribution in [2.75, 3.05) is 26.7 Å². The van der Waals surface area contributed by atoms with E-state index in [1.807, 2.05) is 0 Å². The zero-order valence-corrected chi connectivity index (χ0v) is 5.89. The monoisotopic (exact) mass is 127 g/mol. The van der Waals surface area contributed by atoms with Crippen molar-refractivity contribution in [2.45, 2.75) is 18.4 Å². The lowest BCUT2D eigenvalue weighted by Crippen LogP contribution is -2.34. The maximum atomic E-state index is 5.36. The first-order chi connectivity index (χ1) is 4.31. The standard InChI is InChI=1S/C7H13NO/c1-8-4-2-7(3-5-8)6-9-7/h2-6H2,1H3. The molecule has 0 aromatic heterocycles. The van der Waals surface area contributed by atoms with Crippen LogP contribution in [0.4, 0.5) is 0 Å². The number of piperidine rings is 1. The molecule has 2 heteroatoms. The second-order valence-electron chi connectivity index (χ2n) is 3.27. The fourth-order valence-electron chi connectivity index (χ4n) is 1.42. The summed E-state index contributed by atoms with van der Waals surface area (Å²) in [5.41, 5.74) is 0.368. The van der Waals surface area contributed by atoms with Crippen molar-refractivity contribution in [1.29, 1.82) is 0 Å². The van der Waals surface area contributed by atoms with Crippen LogP contribution >= 0.6 is 0 Å². The van der Waals surface area contributed by atoms with Gasteiger partial charge in [0.05, 0.1) is 12.2 Å². The maximum absolute atomic E-state index is 5.36. The summed E-state index contributed by atoms with van der Waals surface area (Å²) in [6, 6.07) is 0. The van der Waals surface area contributed by atoms with Gasteiger partial charge in [0.2, 0.25) is 0 Å². The lowest BCUT2D eigenvalue weighted by atomic mass is 9.98. The van der Waals surface area contributed by atoms with E-state index in [0.717, 1.165) is 6.61 Å². The normalized spacial score (nSPS) is 33.0. The van der Waals surface area contributed by atoms with Crippen molar-refractivity contribution in [3.63, 3.8) is 0 Å². The van der Waals surface area contributed by atoms with Gasteiger partial charge in [0.15, 0.2) is 0 Å². The van der Waals surface area contributed by atoms with Crippen LogP contribution in [0, 0.1) is 0 Å². The Kier molecular flexibility index (Phi) is 1.08. The van der Waals surface area contributed by atoms with Crippen LogP contribution in [0.15, 0.2) is 0 Å². The number of likely N-dealkylation sites (tertiary alicyclic amines) is 1. The summed E-state index contributed by atoms with van der Waals surface area (Å²) in [5.74, 6) is 0. The van der Waals surface area contributed by atoms with Crippen LogP contribution in [0.5, 0.6) is 0 Å². The molecule has 0 N–H and O–H groups in total. The van der Waals surface area contributed by atoms with Gasteiger partial charge in [-0.1, -0.05) is 0 Å². The van der Waals surface area contributed by atoms with Crippen LogP contribution in [-0.2, 0) is 4.74 Å². The highest BCUT2D eigenvalue weighted by Crippen LogP contribution is 2.37. The average Bonchev–Trinajstić information content (AvgIpc) is 2.60. The highest BCUT2D eigenvalue weighted by atomic mass is 16.6. The largest absolute Gasteiger partial charge is 0.369 e. The molecule has 52 valence electrons. The third-order valence-electron chi connectivity index (χ3n) is 2.45. The topological polar surface area (TPSA) is 15.8 Å². The lowest BCUT2D eigenvalue weighted by Gasteiger charge is -2.26. The Morgan fingerprint density at radius 3 is 2.33 bits per heavy atom. The fraction of sp³-hybridized carbons (Fsp3) is 1.00. The molecule has 2 nitrogen and oxygen atoms in total. The molecule has 0 unspecified atom stereocenters. The third-order valence-corrected chi connectivity index (χ3v) is 2.45. The van der Waals surface area contributed by atoms with E-state index in [9.17, 15) is 0 Å². The van der Waals surface area contributed by atoms with Crippen LogP contribution in [0.25, 0.3) is 0 Å². The molecule has 1 spiro atoms. The smallest absolute Gasteiger partial charge is 0.0940 e. The van der Waals surface area contributed by atoms with E-state index < -0.39 is 0 Å². The molecule has 0 atom stereocenters. The SMILES string of the molecule is CN1CCC2(CC1)CO2. The van der Waals surface area contributed by atoms with Gasteiger partial charge in [-0.3, -0.25) is 0 Å². The molecule has 0 aliphatic carbocycles. The lowest BCUT2D eigenvalue weighted by molar-refractivity contribution is 0.169. The van der Waals surface area contributed by atoms with E-state index in [0.29, 0.717) is 5.60 Å². The minimum absolute atomic E-state index is 0.368. The average molecular weight is 127 g/mol. The molecule has 0 bridgehead atoms. The Hall–Kier alpha value is -0.0800. The fourth-order valence-corrected chi connectivity index (χ4v) is 1.42. The first-order valence-corrected chi connectivity index (χ1v) is 3.63. The zero-order valence-electron chi connectivity index (χ0n) is 5.89. The van der Waals surface area contributed by atoms with E-state index in [1.54, 1.807) is 0 Å². The summed E-state index contributed by atoms with van der Waals surface area (Å²) in [6.45, 7) is 3.47. The molecule has 2 aliphatic heterocycles. The van der Waals surface area contributed by atoms with Gasteiger partial charge in [0.1, 0.15) is 0 Å². The molecule has 2 aliphatic rings. The molecule has 2 saturated heterocycles. The number of ether oxygens (including phenoxy) is 1. The summed E-state index contributed by atoms with van der Waals surface area (Å²) in [7, 11) is 2.18. The predicted octanol–water partition coefficient (Wildman–Crippen LogP) is 0.481. The zero-order chi connectivity index (χ0) is 6.32. The summed E-state index contributed by atoms with van der Waals surface area (Å²) in [6.07, 6.45) is 2.51. The molecule has 9 heavy (non-hydrogen) atoms. The molecule has 0 amide bonds. The van der Waals surface area contributed by atoms with E-state index in [-0.39, 0.29) is 0 Å². The number of epoxide rings is 1. The summed E-state index contributed by atoms with van der Waals surface area (Å²) in [5, 5.41) is 0. The van der Waals surface area contributed by atoms with Gasteiger partial charge in [-0.05, 0) is 19.9 Å². The van der Waals surface area contributed by atoms with Crippen molar-refractivity contribution in [1.82, 2.24) is 4.90 Å². The van der Waals surface area contributed by atoms with Crippen molar-refractivity contribution >= 4 is 0 Å². The molecule has 2 fully saturated rings. The third kappa shape index (κ3) is 0.970. The Balaban J connectivity index is 1.91. The first kappa shape index (κ1) is 5.69. The van der Waals surface area contributed by atoms with Crippen LogP contribution in [-0.4, -0.2) is 37.2 Å². The van der Waals surface area contributed by atoms with E-state index >= 15 is 0 Å². The minimum atomic E-state index is 0.368. The van der Waals surface area contributed by atoms with Crippen molar-refractivity contribution in [3.05, 3.63) is 0 Å². The van der Waals surface area contributed by atoms with Gasteiger partial charge in [-0.25, -0.2) is 0 Å². The number of hydrogen-bond donors (Lipinski definition) is 0. The quantitative estimate of drug-likeness (QED) is 0.440. The van der Waals surface area contributed by atoms with E-state index in [4.69, 9.17) is 4.74 Å². The molecule has 0 saturated carbocycles. The summed E-state index contributed by atoms with van der Waals surface area (Å²) >= 11 is 0. The van der Waals surface area contributed by atoms with Gasteiger partial charge >= 0.3 is 0 Å². The second-order valence-corrected chi connectivity index (χ2v) is 3.27. The minimum Gasteiger partial charge on any atom is -0.369 e. The first-order valence-electron chi connectivity index (χ1n) is 3.63. The molecule has 0 aromatic rings. The molecule has 0 aromatic carbocycles. The van der Waals surface area contributed by atoms with Crippen LogP contribution < -0.4 is 0 Å². The van der Waals surface area contributed by atoms with Crippen molar-refractivity contribution in [3.8, 4) is 0 Å². The Bertz CT molecular complexity index is 110. The highest BCUT2D eigenvalue weighted by molar-refractivity contribution is 4.95. The van der Waals surface area contributed by atoms with Gasteiger partial charge < -0.3 is 9.64 Å². The highest BCUT2D eigenvalue weighted by Gasteiger charge is 2.45. The summed E-state index contributed by atoms with van der Waals surface area (Å²) in [4.78, 5) is 2.37. The number of rotatable bonds is 0. The summed E-state index contributed by atoms with van der Waals surface area (Å²) < 4.78 is 5.36. The maximum Gasteiger partial charge on any atom is 0.0940 e. The van der Waals surface area contributed by atoms with Gasteiger partial charge in [-0.15, -0.1) is 0 Å². The van der Waals surface area contributed by atoms with Gasteiger partial charge in [0.25, 0.3) is 0 Å². The molecular weight excluding hydrogens is 114 g/mol. The Morgan fingerprint density at radius 2 is 1.89 bits per heavy atom. The Labute approximate surface area is 55.8 Å². The molecule has 2 rings (SSSR count). The Morgan fingerprint density at radius 1 is 1.33 bits per heavy atom. The van der Waals surface area contributed by atoms with Gasteiger partial charge in [-0.2, -0.15) is 0 Å². The van der Waals surface area contributed by atoms with E-state index in [1.165, 1.54) is 25.9 Å². The number of nitrogens with zero attached hydrogens (tertiary/aromatic N) is 1. The molecule has 0 radical (unpaired) electrons. The molecule has 2 heterocycles. The predicted molar refractivity (Wildman–Crippen MR) is 35.4 cm³/mol. The van der Waals surface area contributed by atoms with Crippen LogP contribution in [0.2, 0.25) is 0 Å². The van der Waals surface area contributed by atoms with Crippen LogP contribution in [0.3, 0.4) is 0 Å². The van der Waals surface area contributed by atoms with Crippen LogP contribution in [0.1, 0.15) is 12.8 Å². The second kappa shape index (κ2) is 1.70.